The number of aromatic nitrogens is 1. The van der Waals surface area contributed by atoms with Crippen LogP contribution >= 0.6 is 47.2 Å². The molecular weight excluding hydrogens is 462 g/mol. The highest BCUT2D eigenvalue weighted by Gasteiger charge is 2.24. The Kier molecular flexibility index (Phi) is 10.7. The second kappa shape index (κ2) is 10.7. The summed E-state index contributed by atoms with van der Waals surface area (Å²) >= 11 is 12.1. The third kappa shape index (κ3) is 6.98. The van der Waals surface area contributed by atoms with E-state index >= 15 is 0 Å². The molecule has 0 saturated carbocycles. The molecule has 24 heavy (non-hydrogen) atoms. The zero-order valence-corrected chi connectivity index (χ0v) is 19.1. The van der Waals surface area contributed by atoms with Crippen LogP contribution in [0.2, 0.25) is 10.2 Å². The Morgan fingerprint density at radius 2 is 1.96 bits per heavy atom. The van der Waals surface area contributed by atoms with Crippen LogP contribution in [-0.2, 0) is 18.3 Å². The number of ether oxygens (including phenoxy) is 1. The minimum Gasteiger partial charge on any atom is -0.379 e. The van der Waals surface area contributed by atoms with Gasteiger partial charge in [0.15, 0.2) is 5.96 Å². The van der Waals surface area contributed by atoms with E-state index < -0.39 is 0 Å². The summed E-state index contributed by atoms with van der Waals surface area (Å²) in [6.45, 7) is 10.5. The largest absolute Gasteiger partial charge is 0.379 e. The number of hydrogen-bond acceptors (Lipinski definition) is 2. The minimum absolute atomic E-state index is 0. The minimum atomic E-state index is 0. The summed E-state index contributed by atoms with van der Waals surface area (Å²) in [4.78, 5) is 4.59. The molecular formula is C16H29Cl2IN4O. The van der Waals surface area contributed by atoms with Gasteiger partial charge in [-0.3, -0.25) is 0 Å². The molecule has 1 aromatic heterocycles. The number of methoxy groups -OCH3 is 1. The average molecular weight is 491 g/mol. The first-order valence-electron chi connectivity index (χ1n) is 7.75. The SMILES string of the molecule is CCNC(=NCc1cc(Cl)c(Cl)n1C)NCC(OC)C(C)(C)C.I. The van der Waals surface area contributed by atoms with Crippen molar-refractivity contribution in [2.24, 2.45) is 17.5 Å². The molecule has 0 aliphatic carbocycles. The maximum absolute atomic E-state index is 6.08. The van der Waals surface area contributed by atoms with E-state index in [1.807, 2.05) is 24.6 Å². The summed E-state index contributed by atoms with van der Waals surface area (Å²) < 4.78 is 7.40. The number of halogens is 3. The van der Waals surface area contributed by atoms with Gasteiger partial charge in [-0.25, -0.2) is 4.99 Å². The fourth-order valence-electron chi connectivity index (χ4n) is 2.17. The highest BCUT2D eigenvalue weighted by Crippen LogP contribution is 2.25. The molecule has 1 aromatic rings. The standard InChI is InChI=1S/C16H28Cl2N4O.HI/c1-7-19-15(21-10-13(23-6)16(2,3)4)20-9-11-8-12(17)14(18)22(11)5;/h8,13H,7,9-10H2,1-6H3,(H2,19,20,21);1H. The molecule has 2 N–H and O–H groups in total. The Bertz CT molecular complexity index is 541. The molecule has 0 fully saturated rings. The van der Waals surface area contributed by atoms with Crippen molar-refractivity contribution in [3.8, 4) is 0 Å². The molecule has 0 spiro atoms. The molecule has 1 atom stereocenters. The van der Waals surface area contributed by atoms with Crippen molar-refractivity contribution in [2.75, 3.05) is 20.2 Å². The Morgan fingerprint density at radius 1 is 1.33 bits per heavy atom. The fourth-order valence-corrected chi connectivity index (χ4v) is 2.59. The topological polar surface area (TPSA) is 50.6 Å². The lowest BCUT2D eigenvalue weighted by atomic mass is 9.89. The number of aliphatic imine (C=N–C) groups is 1. The van der Waals surface area contributed by atoms with Gasteiger partial charge in [-0.2, -0.15) is 0 Å². The first-order valence-corrected chi connectivity index (χ1v) is 8.50. The summed E-state index contributed by atoms with van der Waals surface area (Å²) in [5, 5.41) is 7.64. The number of guanidine groups is 1. The van der Waals surface area contributed by atoms with Gasteiger partial charge in [0, 0.05) is 32.9 Å². The molecule has 0 amide bonds. The first kappa shape index (κ1) is 23.8. The van der Waals surface area contributed by atoms with E-state index in [1.54, 1.807) is 7.11 Å². The van der Waals surface area contributed by atoms with Gasteiger partial charge in [0.25, 0.3) is 0 Å². The molecule has 5 nitrogen and oxygen atoms in total. The second-order valence-corrected chi connectivity index (χ2v) is 7.27. The molecule has 0 radical (unpaired) electrons. The highest BCUT2D eigenvalue weighted by molar-refractivity contribution is 14.0. The third-order valence-electron chi connectivity index (χ3n) is 3.66. The van der Waals surface area contributed by atoms with Gasteiger partial charge < -0.3 is 19.9 Å². The van der Waals surface area contributed by atoms with Gasteiger partial charge in [0.05, 0.1) is 17.7 Å². The number of nitrogens with zero attached hydrogens (tertiary/aromatic N) is 2. The summed E-state index contributed by atoms with van der Waals surface area (Å²) in [6.07, 6.45) is 0.0882. The number of hydrogen-bond donors (Lipinski definition) is 2. The lowest BCUT2D eigenvalue weighted by Gasteiger charge is -2.30. The van der Waals surface area contributed by atoms with E-state index in [1.165, 1.54) is 0 Å². The van der Waals surface area contributed by atoms with Gasteiger partial charge in [-0.15, -0.1) is 24.0 Å². The molecule has 1 rings (SSSR count). The molecule has 1 unspecified atom stereocenters. The highest BCUT2D eigenvalue weighted by atomic mass is 127. The van der Waals surface area contributed by atoms with E-state index in [-0.39, 0.29) is 35.5 Å². The van der Waals surface area contributed by atoms with E-state index in [0.29, 0.717) is 23.3 Å². The van der Waals surface area contributed by atoms with Crippen LogP contribution in [0.15, 0.2) is 11.1 Å². The van der Waals surface area contributed by atoms with Gasteiger partial charge in [-0.05, 0) is 18.4 Å². The Balaban J connectivity index is 0.00000529. The van der Waals surface area contributed by atoms with Crippen molar-refractivity contribution in [2.45, 2.75) is 40.3 Å². The van der Waals surface area contributed by atoms with Gasteiger partial charge in [-0.1, -0.05) is 44.0 Å². The maximum Gasteiger partial charge on any atom is 0.191 e. The van der Waals surface area contributed by atoms with E-state index in [0.717, 1.165) is 18.2 Å². The van der Waals surface area contributed by atoms with Crippen LogP contribution < -0.4 is 10.6 Å². The normalized spacial score (nSPS) is 13.4. The van der Waals surface area contributed by atoms with Crippen molar-refractivity contribution in [1.29, 1.82) is 0 Å². The predicted molar refractivity (Wildman–Crippen MR) is 114 cm³/mol. The molecule has 140 valence electrons. The molecule has 1 heterocycles. The number of nitrogens with one attached hydrogen (secondary N) is 2. The zero-order valence-electron chi connectivity index (χ0n) is 15.2. The Labute approximate surface area is 172 Å². The van der Waals surface area contributed by atoms with Crippen molar-refractivity contribution in [1.82, 2.24) is 15.2 Å². The van der Waals surface area contributed by atoms with Crippen LogP contribution in [0.3, 0.4) is 0 Å². The van der Waals surface area contributed by atoms with Crippen LogP contribution in [0.4, 0.5) is 0 Å². The van der Waals surface area contributed by atoms with Gasteiger partial charge >= 0.3 is 0 Å². The smallest absolute Gasteiger partial charge is 0.191 e. The molecule has 8 heteroatoms. The third-order valence-corrected chi connectivity index (χ3v) is 4.51. The van der Waals surface area contributed by atoms with Gasteiger partial charge in [0.1, 0.15) is 5.15 Å². The van der Waals surface area contributed by atoms with Crippen molar-refractivity contribution in [3.63, 3.8) is 0 Å². The molecule has 0 aromatic carbocycles. The predicted octanol–water partition coefficient (Wildman–Crippen LogP) is 4.07. The molecule has 0 aliphatic heterocycles. The quantitative estimate of drug-likeness (QED) is 0.359. The average Bonchev–Trinajstić information content (AvgIpc) is 2.71. The molecule has 0 aliphatic rings. The zero-order chi connectivity index (χ0) is 17.6. The summed E-state index contributed by atoms with van der Waals surface area (Å²) in [7, 11) is 3.61. The fraction of sp³-hybridized carbons (Fsp3) is 0.688. The second-order valence-electron chi connectivity index (χ2n) is 6.50. The first-order chi connectivity index (χ1) is 10.7. The van der Waals surface area contributed by atoms with E-state index in [9.17, 15) is 0 Å². The van der Waals surface area contributed by atoms with Crippen molar-refractivity contribution < 1.29 is 4.74 Å². The van der Waals surface area contributed by atoms with Crippen molar-refractivity contribution in [3.05, 3.63) is 21.9 Å². The number of rotatable bonds is 6. The van der Waals surface area contributed by atoms with Crippen molar-refractivity contribution >= 4 is 53.1 Å². The van der Waals surface area contributed by atoms with Crippen LogP contribution in [-0.4, -0.2) is 36.8 Å². The summed E-state index contributed by atoms with van der Waals surface area (Å²) in [5.41, 5.74) is 1.01. The maximum atomic E-state index is 6.08. The summed E-state index contributed by atoms with van der Waals surface area (Å²) in [5.74, 6) is 0.743. The monoisotopic (exact) mass is 490 g/mol. The van der Waals surface area contributed by atoms with Crippen LogP contribution in [0.1, 0.15) is 33.4 Å². The van der Waals surface area contributed by atoms with E-state index in [2.05, 4.69) is 36.4 Å². The van der Waals surface area contributed by atoms with E-state index in [4.69, 9.17) is 27.9 Å². The molecule has 0 bridgehead atoms. The van der Waals surface area contributed by atoms with Gasteiger partial charge in [0.2, 0.25) is 0 Å². The van der Waals surface area contributed by atoms with Crippen LogP contribution in [0, 0.1) is 5.41 Å². The lowest BCUT2D eigenvalue weighted by molar-refractivity contribution is 0.0205. The summed E-state index contributed by atoms with van der Waals surface area (Å²) in [6, 6.07) is 1.84. The van der Waals surface area contributed by atoms with Crippen LogP contribution in [0.25, 0.3) is 0 Å². The Morgan fingerprint density at radius 3 is 2.38 bits per heavy atom. The Hall–Kier alpha value is -0.180. The van der Waals surface area contributed by atoms with Crippen LogP contribution in [0.5, 0.6) is 0 Å². The lowest BCUT2D eigenvalue weighted by Crippen LogP contribution is -2.45. The molecule has 0 saturated heterocycles.